The van der Waals surface area contributed by atoms with Crippen LogP contribution >= 0.6 is 0 Å². The number of likely N-dealkylation sites (tertiary alicyclic amines) is 1. The van der Waals surface area contributed by atoms with Gasteiger partial charge >= 0.3 is 0 Å². The molecular formula is C18H27FN2O. The van der Waals surface area contributed by atoms with Gasteiger partial charge in [0.05, 0.1) is 0 Å². The summed E-state index contributed by atoms with van der Waals surface area (Å²) in [6.07, 6.45) is 4.44. The van der Waals surface area contributed by atoms with Crippen molar-refractivity contribution in [3.8, 4) is 0 Å². The van der Waals surface area contributed by atoms with Gasteiger partial charge in [0.25, 0.3) is 0 Å². The number of amides is 1. The van der Waals surface area contributed by atoms with Gasteiger partial charge in [-0.25, -0.2) is 4.39 Å². The van der Waals surface area contributed by atoms with Gasteiger partial charge in [-0.2, -0.15) is 0 Å². The van der Waals surface area contributed by atoms with Gasteiger partial charge in [-0.05, 0) is 50.7 Å². The lowest BCUT2D eigenvalue weighted by Crippen LogP contribution is -2.53. The van der Waals surface area contributed by atoms with Crippen molar-refractivity contribution in [3.63, 3.8) is 0 Å². The molecule has 2 rings (SSSR count). The molecule has 1 aliphatic heterocycles. The molecule has 0 saturated carbocycles. The number of nitrogens with two attached hydrogens (primary N) is 1. The summed E-state index contributed by atoms with van der Waals surface area (Å²) < 4.78 is 13.7. The smallest absolute Gasteiger partial charge is 0.225 e. The van der Waals surface area contributed by atoms with Crippen molar-refractivity contribution >= 4 is 5.91 Å². The normalized spacial score (nSPS) is 21.5. The Bertz CT molecular complexity index is 504. The summed E-state index contributed by atoms with van der Waals surface area (Å²) in [5.74, 6) is -0.120. The molecule has 0 radical (unpaired) electrons. The van der Waals surface area contributed by atoms with E-state index in [1.54, 1.807) is 12.1 Å². The van der Waals surface area contributed by atoms with E-state index in [1.807, 2.05) is 24.8 Å². The van der Waals surface area contributed by atoms with E-state index in [0.717, 1.165) is 25.8 Å². The average Bonchev–Trinajstić information content (AvgIpc) is 2.53. The average molecular weight is 306 g/mol. The largest absolute Gasteiger partial charge is 0.338 e. The first-order valence-corrected chi connectivity index (χ1v) is 8.30. The minimum absolute atomic E-state index is 0.00279. The van der Waals surface area contributed by atoms with Gasteiger partial charge in [0.1, 0.15) is 5.82 Å². The van der Waals surface area contributed by atoms with Crippen LogP contribution in [-0.2, 0) is 11.2 Å². The molecular weight excluding hydrogens is 279 g/mol. The molecule has 122 valence electrons. The van der Waals surface area contributed by atoms with Gasteiger partial charge in [0.15, 0.2) is 0 Å². The third-order valence-electron chi connectivity index (χ3n) is 4.67. The Hall–Kier alpha value is -1.42. The minimum atomic E-state index is -0.187. The van der Waals surface area contributed by atoms with Gasteiger partial charge in [0, 0.05) is 24.5 Å². The SMILES string of the molecule is CC(CCc1ccccc1F)C(=O)N1CCCCC1C(C)N. The van der Waals surface area contributed by atoms with Crippen molar-refractivity contribution in [3.05, 3.63) is 35.6 Å². The van der Waals surface area contributed by atoms with Crippen molar-refractivity contribution in [2.24, 2.45) is 11.7 Å². The van der Waals surface area contributed by atoms with Gasteiger partial charge < -0.3 is 10.6 Å². The van der Waals surface area contributed by atoms with Crippen LogP contribution in [0.4, 0.5) is 4.39 Å². The first kappa shape index (κ1) is 16.9. The maximum Gasteiger partial charge on any atom is 0.225 e. The standard InChI is InChI=1S/C18H27FN2O/c1-13(10-11-15-7-3-4-8-16(15)19)18(22)21-12-6-5-9-17(21)14(2)20/h3-4,7-8,13-14,17H,5-6,9-12,20H2,1-2H3. The molecule has 0 aromatic heterocycles. The molecule has 2 N–H and O–H groups in total. The van der Waals surface area contributed by atoms with Crippen LogP contribution in [0.2, 0.25) is 0 Å². The van der Waals surface area contributed by atoms with E-state index in [4.69, 9.17) is 5.73 Å². The number of hydrogen-bond acceptors (Lipinski definition) is 2. The van der Waals surface area contributed by atoms with Crippen LogP contribution in [0.3, 0.4) is 0 Å². The van der Waals surface area contributed by atoms with Crippen molar-refractivity contribution in [2.75, 3.05) is 6.54 Å². The highest BCUT2D eigenvalue weighted by Crippen LogP contribution is 2.23. The van der Waals surface area contributed by atoms with E-state index in [-0.39, 0.29) is 29.7 Å². The van der Waals surface area contributed by atoms with Crippen LogP contribution in [0.5, 0.6) is 0 Å². The van der Waals surface area contributed by atoms with E-state index >= 15 is 0 Å². The molecule has 4 heteroatoms. The molecule has 1 aliphatic rings. The van der Waals surface area contributed by atoms with Gasteiger partial charge in [-0.1, -0.05) is 25.1 Å². The Morgan fingerprint density at radius 2 is 2.09 bits per heavy atom. The fraction of sp³-hybridized carbons (Fsp3) is 0.611. The van der Waals surface area contributed by atoms with E-state index in [9.17, 15) is 9.18 Å². The van der Waals surface area contributed by atoms with E-state index in [0.29, 0.717) is 18.4 Å². The van der Waals surface area contributed by atoms with E-state index in [2.05, 4.69) is 0 Å². The van der Waals surface area contributed by atoms with Crippen molar-refractivity contribution < 1.29 is 9.18 Å². The van der Waals surface area contributed by atoms with Crippen LogP contribution < -0.4 is 5.73 Å². The Balaban J connectivity index is 1.95. The molecule has 3 nitrogen and oxygen atoms in total. The van der Waals surface area contributed by atoms with Gasteiger partial charge in [0.2, 0.25) is 5.91 Å². The van der Waals surface area contributed by atoms with Crippen molar-refractivity contribution in [2.45, 2.75) is 58.0 Å². The van der Waals surface area contributed by atoms with Gasteiger partial charge in [-0.15, -0.1) is 0 Å². The summed E-state index contributed by atoms with van der Waals surface area (Å²) >= 11 is 0. The Morgan fingerprint density at radius 1 is 1.36 bits per heavy atom. The summed E-state index contributed by atoms with van der Waals surface area (Å²) in [5.41, 5.74) is 6.72. The van der Waals surface area contributed by atoms with Crippen LogP contribution in [0.25, 0.3) is 0 Å². The number of benzene rings is 1. The van der Waals surface area contributed by atoms with Crippen LogP contribution in [0.1, 0.15) is 45.1 Å². The molecule has 22 heavy (non-hydrogen) atoms. The lowest BCUT2D eigenvalue weighted by atomic mass is 9.93. The number of nitrogens with zero attached hydrogens (tertiary/aromatic N) is 1. The molecule has 0 spiro atoms. The van der Waals surface area contributed by atoms with Crippen molar-refractivity contribution in [1.29, 1.82) is 0 Å². The van der Waals surface area contributed by atoms with E-state index < -0.39 is 0 Å². The maximum absolute atomic E-state index is 13.7. The number of aryl methyl sites for hydroxylation is 1. The fourth-order valence-corrected chi connectivity index (χ4v) is 3.26. The summed E-state index contributed by atoms with van der Waals surface area (Å²) in [6, 6.07) is 6.94. The zero-order chi connectivity index (χ0) is 16.1. The minimum Gasteiger partial charge on any atom is -0.338 e. The number of rotatable bonds is 5. The Labute approximate surface area is 132 Å². The zero-order valence-electron chi connectivity index (χ0n) is 13.6. The molecule has 1 fully saturated rings. The second-order valence-corrected chi connectivity index (χ2v) is 6.49. The summed E-state index contributed by atoms with van der Waals surface area (Å²) in [4.78, 5) is 14.7. The van der Waals surface area contributed by atoms with Crippen LogP contribution in [0, 0.1) is 11.7 Å². The molecule has 1 saturated heterocycles. The number of halogens is 1. The number of piperidine rings is 1. The third-order valence-corrected chi connectivity index (χ3v) is 4.67. The topological polar surface area (TPSA) is 46.3 Å². The first-order chi connectivity index (χ1) is 10.5. The lowest BCUT2D eigenvalue weighted by Gasteiger charge is -2.39. The summed E-state index contributed by atoms with van der Waals surface area (Å²) in [7, 11) is 0. The van der Waals surface area contributed by atoms with E-state index in [1.165, 1.54) is 6.07 Å². The highest BCUT2D eigenvalue weighted by Gasteiger charge is 2.31. The number of carbonyl (C=O) groups is 1. The lowest BCUT2D eigenvalue weighted by molar-refractivity contribution is -0.139. The molecule has 1 amide bonds. The maximum atomic E-state index is 13.7. The number of hydrogen-bond donors (Lipinski definition) is 1. The van der Waals surface area contributed by atoms with Crippen LogP contribution in [0.15, 0.2) is 24.3 Å². The monoisotopic (exact) mass is 306 g/mol. The predicted molar refractivity (Wildman–Crippen MR) is 86.9 cm³/mol. The highest BCUT2D eigenvalue weighted by atomic mass is 19.1. The first-order valence-electron chi connectivity index (χ1n) is 8.30. The number of carbonyl (C=O) groups excluding carboxylic acids is 1. The quantitative estimate of drug-likeness (QED) is 0.908. The summed E-state index contributed by atoms with van der Waals surface area (Å²) in [6.45, 7) is 4.71. The van der Waals surface area contributed by atoms with Crippen molar-refractivity contribution in [1.82, 2.24) is 4.90 Å². The molecule has 3 unspecified atom stereocenters. The Morgan fingerprint density at radius 3 is 2.77 bits per heavy atom. The molecule has 0 bridgehead atoms. The molecule has 1 aromatic rings. The fourth-order valence-electron chi connectivity index (χ4n) is 3.26. The molecule has 0 aliphatic carbocycles. The highest BCUT2D eigenvalue weighted by molar-refractivity contribution is 5.79. The Kier molecular flexibility index (Phi) is 5.95. The predicted octanol–water partition coefficient (Wildman–Crippen LogP) is 3.12. The summed E-state index contributed by atoms with van der Waals surface area (Å²) in [5, 5.41) is 0. The molecule has 3 atom stereocenters. The zero-order valence-corrected chi connectivity index (χ0v) is 13.6. The molecule has 1 heterocycles. The third kappa shape index (κ3) is 4.07. The second kappa shape index (κ2) is 7.73. The second-order valence-electron chi connectivity index (χ2n) is 6.49. The molecule has 1 aromatic carbocycles. The van der Waals surface area contributed by atoms with Gasteiger partial charge in [-0.3, -0.25) is 4.79 Å². The van der Waals surface area contributed by atoms with Crippen LogP contribution in [-0.4, -0.2) is 29.4 Å².